The number of hydrogen-bond acceptors (Lipinski definition) is 3. The lowest BCUT2D eigenvalue weighted by Crippen LogP contribution is -2.38. The molecular formula is C15H24F2N2O. The molecule has 1 aromatic rings. The van der Waals surface area contributed by atoms with Gasteiger partial charge in [0.25, 0.3) is 0 Å². The van der Waals surface area contributed by atoms with E-state index in [1.54, 1.807) is 12.1 Å². The minimum absolute atomic E-state index is 0.00543. The van der Waals surface area contributed by atoms with Gasteiger partial charge in [0.1, 0.15) is 5.75 Å². The van der Waals surface area contributed by atoms with Crippen LogP contribution in [-0.4, -0.2) is 31.1 Å². The zero-order valence-electron chi connectivity index (χ0n) is 12.4. The van der Waals surface area contributed by atoms with Gasteiger partial charge in [-0.1, -0.05) is 39.0 Å². The molecule has 0 bridgehead atoms. The van der Waals surface area contributed by atoms with E-state index >= 15 is 0 Å². The molecule has 20 heavy (non-hydrogen) atoms. The van der Waals surface area contributed by atoms with Crippen molar-refractivity contribution < 1.29 is 13.5 Å². The molecule has 1 rings (SSSR count). The van der Waals surface area contributed by atoms with E-state index in [-0.39, 0.29) is 11.2 Å². The van der Waals surface area contributed by atoms with Crippen molar-refractivity contribution in [2.75, 3.05) is 19.6 Å². The summed E-state index contributed by atoms with van der Waals surface area (Å²) in [5.41, 5.74) is 6.51. The second-order valence-electron chi connectivity index (χ2n) is 5.66. The van der Waals surface area contributed by atoms with Gasteiger partial charge in [-0.3, -0.25) is 4.90 Å². The average Bonchev–Trinajstić information content (AvgIpc) is 2.39. The number of nitrogens with zero attached hydrogens (tertiary/aromatic N) is 1. The first-order valence-corrected chi connectivity index (χ1v) is 6.83. The maximum Gasteiger partial charge on any atom is 0.387 e. The Kier molecular flexibility index (Phi) is 6.36. The quantitative estimate of drug-likeness (QED) is 0.798. The van der Waals surface area contributed by atoms with E-state index in [1.807, 2.05) is 19.1 Å². The number of para-hydroxylation sites is 1. The van der Waals surface area contributed by atoms with Gasteiger partial charge < -0.3 is 10.5 Å². The highest BCUT2D eigenvalue weighted by Crippen LogP contribution is 2.23. The van der Waals surface area contributed by atoms with Crippen molar-refractivity contribution in [1.29, 1.82) is 0 Å². The highest BCUT2D eigenvalue weighted by molar-refractivity contribution is 5.33. The van der Waals surface area contributed by atoms with E-state index < -0.39 is 6.61 Å². The Hall–Kier alpha value is -1.20. The standard InChI is InChI=1S/C15H24F2N2O/c1-4-19(11-15(2,3)10-18)9-12-7-5-6-8-13(12)20-14(16)17/h5-8,14H,4,9-11,18H2,1-3H3. The van der Waals surface area contributed by atoms with Gasteiger partial charge in [0, 0.05) is 18.7 Å². The molecule has 0 aliphatic rings. The molecule has 0 atom stereocenters. The predicted octanol–water partition coefficient (Wildman–Crippen LogP) is 3.09. The summed E-state index contributed by atoms with van der Waals surface area (Å²) in [5, 5.41) is 0. The minimum atomic E-state index is -2.80. The van der Waals surface area contributed by atoms with Crippen molar-refractivity contribution in [3.63, 3.8) is 0 Å². The van der Waals surface area contributed by atoms with Crippen LogP contribution < -0.4 is 10.5 Å². The van der Waals surface area contributed by atoms with Crippen LogP contribution in [0.15, 0.2) is 24.3 Å². The van der Waals surface area contributed by atoms with E-state index in [9.17, 15) is 8.78 Å². The first-order valence-electron chi connectivity index (χ1n) is 6.83. The van der Waals surface area contributed by atoms with Crippen molar-refractivity contribution in [2.45, 2.75) is 33.9 Å². The average molecular weight is 286 g/mol. The first-order chi connectivity index (χ1) is 9.38. The number of ether oxygens (including phenoxy) is 1. The van der Waals surface area contributed by atoms with Gasteiger partial charge in [-0.2, -0.15) is 8.78 Å². The number of hydrogen-bond donors (Lipinski definition) is 1. The van der Waals surface area contributed by atoms with Crippen LogP contribution in [0.3, 0.4) is 0 Å². The van der Waals surface area contributed by atoms with Crippen molar-refractivity contribution in [3.05, 3.63) is 29.8 Å². The third-order valence-electron chi connectivity index (χ3n) is 3.23. The highest BCUT2D eigenvalue weighted by Gasteiger charge is 2.20. The summed E-state index contributed by atoms with van der Waals surface area (Å²) in [6, 6.07) is 6.91. The van der Waals surface area contributed by atoms with Gasteiger partial charge in [0.2, 0.25) is 0 Å². The molecule has 2 N–H and O–H groups in total. The molecule has 0 fully saturated rings. The topological polar surface area (TPSA) is 38.5 Å². The fraction of sp³-hybridized carbons (Fsp3) is 0.600. The Morgan fingerprint density at radius 1 is 1.30 bits per heavy atom. The Morgan fingerprint density at radius 3 is 2.50 bits per heavy atom. The smallest absolute Gasteiger partial charge is 0.387 e. The molecule has 3 nitrogen and oxygen atoms in total. The second-order valence-corrected chi connectivity index (χ2v) is 5.66. The molecular weight excluding hydrogens is 262 g/mol. The fourth-order valence-electron chi connectivity index (χ4n) is 2.04. The molecule has 0 aliphatic heterocycles. The lowest BCUT2D eigenvalue weighted by molar-refractivity contribution is -0.0508. The maximum atomic E-state index is 12.4. The number of alkyl halides is 2. The van der Waals surface area contributed by atoms with E-state index in [2.05, 4.69) is 23.5 Å². The number of halogens is 2. The molecule has 0 aromatic heterocycles. The normalized spacial score (nSPS) is 12.2. The Bertz CT molecular complexity index is 411. The van der Waals surface area contributed by atoms with Crippen LogP contribution in [0.1, 0.15) is 26.3 Å². The van der Waals surface area contributed by atoms with Gasteiger partial charge in [0.05, 0.1) is 0 Å². The van der Waals surface area contributed by atoms with Gasteiger partial charge >= 0.3 is 6.61 Å². The summed E-state index contributed by atoms with van der Waals surface area (Å²) in [6.45, 7) is 6.22. The van der Waals surface area contributed by atoms with Crippen molar-refractivity contribution in [3.8, 4) is 5.75 Å². The van der Waals surface area contributed by atoms with E-state index in [4.69, 9.17) is 5.73 Å². The molecule has 114 valence electrons. The summed E-state index contributed by atoms with van der Waals surface area (Å²) in [4.78, 5) is 2.18. The number of rotatable bonds is 8. The van der Waals surface area contributed by atoms with Crippen LogP contribution in [0.25, 0.3) is 0 Å². The van der Waals surface area contributed by atoms with Crippen LogP contribution in [0.4, 0.5) is 8.78 Å². The molecule has 0 amide bonds. The maximum absolute atomic E-state index is 12.4. The van der Waals surface area contributed by atoms with Crippen molar-refractivity contribution in [2.24, 2.45) is 11.1 Å². The van der Waals surface area contributed by atoms with E-state index in [1.165, 1.54) is 0 Å². The third-order valence-corrected chi connectivity index (χ3v) is 3.23. The van der Waals surface area contributed by atoms with Gasteiger partial charge in [-0.05, 0) is 24.6 Å². The van der Waals surface area contributed by atoms with Gasteiger partial charge in [-0.15, -0.1) is 0 Å². The molecule has 0 heterocycles. The summed E-state index contributed by atoms with van der Waals surface area (Å²) < 4.78 is 29.3. The molecule has 0 radical (unpaired) electrons. The summed E-state index contributed by atoms with van der Waals surface area (Å²) in [5.74, 6) is 0.242. The predicted molar refractivity (Wildman–Crippen MR) is 76.9 cm³/mol. The molecule has 0 saturated carbocycles. The largest absolute Gasteiger partial charge is 0.434 e. The molecule has 0 saturated heterocycles. The Balaban J connectivity index is 2.79. The molecule has 0 unspecified atom stereocenters. The van der Waals surface area contributed by atoms with Crippen LogP contribution in [0.2, 0.25) is 0 Å². The van der Waals surface area contributed by atoms with Crippen LogP contribution in [-0.2, 0) is 6.54 Å². The number of nitrogens with two attached hydrogens (primary N) is 1. The number of benzene rings is 1. The molecule has 0 aliphatic carbocycles. The van der Waals surface area contributed by atoms with E-state index in [0.29, 0.717) is 13.1 Å². The van der Waals surface area contributed by atoms with E-state index in [0.717, 1.165) is 18.7 Å². The molecule has 5 heteroatoms. The van der Waals surface area contributed by atoms with Crippen LogP contribution in [0, 0.1) is 5.41 Å². The fourth-order valence-corrected chi connectivity index (χ4v) is 2.04. The zero-order valence-corrected chi connectivity index (χ0v) is 12.4. The Labute approximate surface area is 119 Å². The summed E-state index contributed by atoms with van der Waals surface area (Å²) >= 11 is 0. The minimum Gasteiger partial charge on any atom is -0.434 e. The van der Waals surface area contributed by atoms with Gasteiger partial charge in [-0.25, -0.2) is 0 Å². The van der Waals surface area contributed by atoms with Crippen molar-refractivity contribution in [1.82, 2.24) is 4.90 Å². The van der Waals surface area contributed by atoms with Crippen LogP contribution >= 0.6 is 0 Å². The lowest BCUT2D eigenvalue weighted by Gasteiger charge is -2.31. The first kappa shape index (κ1) is 16.9. The zero-order chi connectivity index (χ0) is 15.2. The molecule has 1 aromatic carbocycles. The van der Waals surface area contributed by atoms with Gasteiger partial charge in [0.15, 0.2) is 0 Å². The monoisotopic (exact) mass is 286 g/mol. The summed E-state index contributed by atoms with van der Waals surface area (Å²) in [7, 11) is 0. The third kappa shape index (κ3) is 5.43. The van der Waals surface area contributed by atoms with Crippen molar-refractivity contribution >= 4 is 0 Å². The second kappa shape index (κ2) is 7.55. The van der Waals surface area contributed by atoms with Crippen LogP contribution in [0.5, 0.6) is 5.75 Å². The lowest BCUT2D eigenvalue weighted by atomic mass is 9.93. The SMILES string of the molecule is CCN(Cc1ccccc1OC(F)F)CC(C)(C)CN. The highest BCUT2D eigenvalue weighted by atomic mass is 19.3. The Morgan fingerprint density at radius 2 is 1.95 bits per heavy atom. The summed E-state index contributed by atoms with van der Waals surface area (Å²) in [6.07, 6.45) is 0. The molecule has 0 spiro atoms.